The summed E-state index contributed by atoms with van der Waals surface area (Å²) in [5.41, 5.74) is 1.81. The molecule has 0 aliphatic heterocycles. The maximum atomic E-state index is 12.3. The SMILES string of the molecule is COc1ccc(NC(=O)[C@H](C)Oc2ccccc2C(C)C)cc1. The van der Waals surface area contributed by atoms with Crippen molar-refractivity contribution in [3.63, 3.8) is 0 Å². The van der Waals surface area contributed by atoms with Gasteiger partial charge in [-0.15, -0.1) is 0 Å². The Morgan fingerprint density at radius 2 is 1.65 bits per heavy atom. The van der Waals surface area contributed by atoms with Gasteiger partial charge in [0.2, 0.25) is 0 Å². The normalized spacial score (nSPS) is 11.9. The molecule has 0 aliphatic rings. The second-order valence-corrected chi connectivity index (χ2v) is 5.67. The van der Waals surface area contributed by atoms with Gasteiger partial charge in [-0.3, -0.25) is 4.79 Å². The van der Waals surface area contributed by atoms with E-state index in [0.29, 0.717) is 11.6 Å². The van der Waals surface area contributed by atoms with Crippen molar-refractivity contribution in [2.75, 3.05) is 12.4 Å². The number of methoxy groups -OCH3 is 1. The summed E-state index contributed by atoms with van der Waals surface area (Å²) in [7, 11) is 1.61. The molecule has 2 aromatic carbocycles. The van der Waals surface area contributed by atoms with E-state index in [1.54, 1.807) is 38.3 Å². The fourth-order valence-electron chi connectivity index (χ4n) is 2.23. The van der Waals surface area contributed by atoms with Crippen LogP contribution in [0.1, 0.15) is 32.3 Å². The van der Waals surface area contributed by atoms with Gasteiger partial charge < -0.3 is 14.8 Å². The van der Waals surface area contributed by atoms with Crippen LogP contribution < -0.4 is 14.8 Å². The minimum atomic E-state index is -0.586. The molecular formula is C19H23NO3. The van der Waals surface area contributed by atoms with Gasteiger partial charge in [0.1, 0.15) is 11.5 Å². The smallest absolute Gasteiger partial charge is 0.265 e. The predicted octanol–water partition coefficient (Wildman–Crippen LogP) is 4.22. The van der Waals surface area contributed by atoms with Crippen molar-refractivity contribution in [2.45, 2.75) is 32.8 Å². The molecule has 0 saturated carbocycles. The van der Waals surface area contributed by atoms with Gasteiger partial charge in [0.15, 0.2) is 6.10 Å². The summed E-state index contributed by atoms with van der Waals surface area (Å²) in [6.07, 6.45) is -0.586. The van der Waals surface area contributed by atoms with E-state index in [2.05, 4.69) is 19.2 Å². The third kappa shape index (κ3) is 4.49. The Balaban J connectivity index is 2.02. The first kappa shape index (κ1) is 16.9. The van der Waals surface area contributed by atoms with Crippen LogP contribution in [0.15, 0.2) is 48.5 Å². The van der Waals surface area contributed by atoms with Crippen LogP contribution in [0.5, 0.6) is 11.5 Å². The fraction of sp³-hybridized carbons (Fsp3) is 0.316. The van der Waals surface area contributed by atoms with Crippen LogP contribution in [0, 0.1) is 0 Å². The summed E-state index contributed by atoms with van der Waals surface area (Å²) in [5.74, 6) is 1.65. The lowest BCUT2D eigenvalue weighted by Gasteiger charge is -2.18. The predicted molar refractivity (Wildman–Crippen MR) is 92.2 cm³/mol. The third-order valence-electron chi connectivity index (χ3n) is 3.57. The highest BCUT2D eigenvalue weighted by Gasteiger charge is 2.17. The molecule has 2 rings (SSSR count). The number of hydrogen-bond acceptors (Lipinski definition) is 3. The third-order valence-corrected chi connectivity index (χ3v) is 3.57. The average molecular weight is 313 g/mol. The number of anilines is 1. The van der Waals surface area contributed by atoms with Crippen molar-refractivity contribution in [2.24, 2.45) is 0 Å². The van der Waals surface area contributed by atoms with Crippen molar-refractivity contribution < 1.29 is 14.3 Å². The number of para-hydroxylation sites is 1. The van der Waals surface area contributed by atoms with Crippen molar-refractivity contribution in [3.8, 4) is 11.5 Å². The lowest BCUT2D eigenvalue weighted by atomic mass is 10.0. The highest BCUT2D eigenvalue weighted by atomic mass is 16.5. The minimum absolute atomic E-state index is 0.186. The van der Waals surface area contributed by atoms with Crippen molar-refractivity contribution >= 4 is 11.6 Å². The molecule has 0 spiro atoms. The highest BCUT2D eigenvalue weighted by molar-refractivity contribution is 5.94. The van der Waals surface area contributed by atoms with Crippen LogP contribution in [-0.4, -0.2) is 19.1 Å². The van der Waals surface area contributed by atoms with Gasteiger partial charge in [0.05, 0.1) is 7.11 Å². The topological polar surface area (TPSA) is 47.6 Å². The number of carbonyl (C=O) groups excluding carboxylic acids is 1. The van der Waals surface area contributed by atoms with Gasteiger partial charge in [-0.1, -0.05) is 32.0 Å². The van der Waals surface area contributed by atoms with Gasteiger partial charge in [-0.2, -0.15) is 0 Å². The first-order valence-corrected chi connectivity index (χ1v) is 7.71. The Labute approximate surface area is 137 Å². The van der Waals surface area contributed by atoms with Crippen molar-refractivity contribution in [1.82, 2.24) is 0 Å². The Bertz CT molecular complexity index is 650. The van der Waals surface area contributed by atoms with E-state index in [9.17, 15) is 4.79 Å². The quantitative estimate of drug-likeness (QED) is 0.868. The van der Waals surface area contributed by atoms with E-state index in [4.69, 9.17) is 9.47 Å². The molecule has 23 heavy (non-hydrogen) atoms. The number of nitrogens with one attached hydrogen (secondary N) is 1. The number of hydrogen-bond donors (Lipinski definition) is 1. The van der Waals surface area contributed by atoms with E-state index in [0.717, 1.165) is 17.1 Å². The molecule has 0 radical (unpaired) electrons. The van der Waals surface area contributed by atoms with Crippen molar-refractivity contribution in [1.29, 1.82) is 0 Å². The summed E-state index contributed by atoms with van der Waals surface area (Å²) < 4.78 is 10.9. The van der Waals surface area contributed by atoms with Gasteiger partial charge in [-0.05, 0) is 48.7 Å². The second-order valence-electron chi connectivity index (χ2n) is 5.67. The maximum Gasteiger partial charge on any atom is 0.265 e. The largest absolute Gasteiger partial charge is 0.497 e. The first-order chi connectivity index (χ1) is 11.0. The summed E-state index contributed by atoms with van der Waals surface area (Å²) >= 11 is 0. The van der Waals surface area contributed by atoms with Gasteiger partial charge >= 0.3 is 0 Å². The molecule has 0 unspecified atom stereocenters. The number of benzene rings is 2. The number of rotatable bonds is 6. The standard InChI is InChI=1S/C19H23NO3/c1-13(2)17-7-5-6-8-18(17)23-14(3)19(21)20-15-9-11-16(22-4)12-10-15/h5-14H,1-4H3,(H,20,21)/t14-/m0/s1. The first-order valence-electron chi connectivity index (χ1n) is 7.71. The zero-order valence-electron chi connectivity index (χ0n) is 14.0. The van der Waals surface area contributed by atoms with Gasteiger partial charge in [0, 0.05) is 5.69 Å². The molecule has 1 N–H and O–H groups in total. The number of amides is 1. The Morgan fingerprint density at radius 1 is 1.00 bits per heavy atom. The molecular weight excluding hydrogens is 290 g/mol. The maximum absolute atomic E-state index is 12.3. The fourth-order valence-corrected chi connectivity index (χ4v) is 2.23. The summed E-state index contributed by atoms with van der Waals surface area (Å²) in [6, 6.07) is 15.0. The number of carbonyl (C=O) groups is 1. The molecule has 0 aromatic heterocycles. The van der Waals surface area contributed by atoms with E-state index in [-0.39, 0.29) is 5.91 Å². The van der Waals surface area contributed by atoms with Crippen LogP contribution in [0.3, 0.4) is 0 Å². The van der Waals surface area contributed by atoms with Crippen LogP contribution in [0.2, 0.25) is 0 Å². The monoisotopic (exact) mass is 313 g/mol. The van der Waals surface area contributed by atoms with Crippen LogP contribution in [0.25, 0.3) is 0 Å². The summed E-state index contributed by atoms with van der Waals surface area (Å²) in [4.78, 5) is 12.3. The van der Waals surface area contributed by atoms with Crippen LogP contribution in [0.4, 0.5) is 5.69 Å². The summed E-state index contributed by atoms with van der Waals surface area (Å²) in [5, 5.41) is 2.84. The van der Waals surface area contributed by atoms with E-state index >= 15 is 0 Å². The Morgan fingerprint density at radius 3 is 2.26 bits per heavy atom. The van der Waals surface area contributed by atoms with E-state index in [1.165, 1.54) is 0 Å². The number of ether oxygens (including phenoxy) is 2. The van der Waals surface area contributed by atoms with Crippen LogP contribution in [-0.2, 0) is 4.79 Å². The molecule has 1 atom stereocenters. The van der Waals surface area contributed by atoms with Gasteiger partial charge in [0.25, 0.3) is 5.91 Å². The lowest BCUT2D eigenvalue weighted by Crippen LogP contribution is -2.30. The molecule has 4 heteroatoms. The zero-order chi connectivity index (χ0) is 16.8. The molecule has 122 valence electrons. The average Bonchev–Trinajstić information content (AvgIpc) is 2.55. The van der Waals surface area contributed by atoms with E-state index in [1.807, 2.05) is 24.3 Å². The molecule has 4 nitrogen and oxygen atoms in total. The Kier molecular flexibility index (Phi) is 5.63. The zero-order valence-corrected chi connectivity index (χ0v) is 14.0. The molecule has 1 amide bonds. The molecule has 0 aliphatic carbocycles. The van der Waals surface area contributed by atoms with Crippen LogP contribution >= 0.6 is 0 Å². The summed E-state index contributed by atoms with van der Waals surface area (Å²) in [6.45, 7) is 5.95. The Hall–Kier alpha value is -2.49. The van der Waals surface area contributed by atoms with Gasteiger partial charge in [-0.25, -0.2) is 0 Å². The van der Waals surface area contributed by atoms with Crippen molar-refractivity contribution in [3.05, 3.63) is 54.1 Å². The van der Waals surface area contributed by atoms with E-state index < -0.39 is 6.10 Å². The second kappa shape index (κ2) is 7.68. The molecule has 0 bridgehead atoms. The molecule has 0 saturated heterocycles. The lowest BCUT2D eigenvalue weighted by molar-refractivity contribution is -0.122. The molecule has 0 fully saturated rings. The molecule has 2 aromatic rings. The highest BCUT2D eigenvalue weighted by Crippen LogP contribution is 2.27. The minimum Gasteiger partial charge on any atom is -0.497 e. The molecule has 0 heterocycles.